The molecule has 0 aliphatic carbocycles. The maximum atomic E-state index is 13.0. The fourth-order valence-corrected chi connectivity index (χ4v) is 4.43. The third-order valence-electron chi connectivity index (χ3n) is 4.05. The van der Waals surface area contributed by atoms with E-state index < -0.39 is 16.1 Å². The topological polar surface area (TPSA) is 66.8 Å². The minimum absolute atomic E-state index is 0.247. The monoisotopic (exact) mass is 333 g/mol. The number of aliphatic hydroxyl groups is 1. The highest BCUT2D eigenvalue weighted by Gasteiger charge is 2.32. The van der Waals surface area contributed by atoms with Gasteiger partial charge in [-0.1, -0.05) is 12.1 Å². The fraction of sp³-hybridized carbons (Fsp3) is 0.294. The Kier molecular flexibility index (Phi) is 4.04. The van der Waals surface area contributed by atoms with Gasteiger partial charge < -0.3 is 9.84 Å². The van der Waals surface area contributed by atoms with Crippen LogP contribution < -0.4 is 9.04 Å². The second-order valence-corrected chi connectivity index (χ2v) is 7.49. The van der Waals surface area contributed by atoms with Crippen molar-refractivity contribution >= 4 is 15.7 Å². The molecule has 23 heavy (non-hydrogen) atoms. The lowest BCUT2D eigenvalue weighted by Crippen LogP contribution is -2.36. The third-order valence-corrected chi connectivity index (χ3v) is 5.85. The number of rotatable bonds is 3. The van der Waals surface area contributed by atoms with Gasteiger partial charge in [-0.2, -0.15) is 0 Å². The fourth-order valence-electron chi connectivity index (χ4n) is 2.82. The molecule has 6 heteroatoms. The molecule has 2 aromatic carbocycles. The first-order valence-electron chi connectivity index (χ1n) is 7.39. The first kappa shape index (κ1) is 15.8. The van der Waals surface area contributed by atoms with Crippen LogP contribution in [0.5, 0.6) is 5.75 Å². The largest absolute Gasteiger partial charge is 0.497 e. The maximum absolute atomic E-state index is 13.0. The van der Waals surface area contributed by atoms with Gasteiger partial charge in [-0.15, -0.1) is 0 Å². The van der Waals surface area contributed by atoms with Crippen LogP contribution in [0.25, 0.3) is 0 Å². The van der Waals surface area contributed by atoms with E-state index >= 15 is 0 Å². The number of anilines is 1. The molecule has 5 nitrogen and oxygen atoms in total. The Morgan fingerprint density at radius 3 is 2.70 bits per heavy atom. The summed E-state index contributed by atoms with van der Waals surface area (Å²) in [6.07, 6.45) is -0.338. The van der Waals surface area contributed by atoms with Gasteiger partial charge in [0.25, 0.3) is 10.0 Å². The molecule has 1 heterocycles. The van der Waals surface area contributed by atoms with Gasteiger partial charge in [0.1, 0.15) is 5.75 Å². The molecule has 0 spiro atoms. The average molecular weight is 333 g/mol. The van der Waals surface area contributed by atoms with Crippen LogP contribution in [0, 0.1) is 6.92 Å². The molecule has 1 atom stereocenters. The number of aliphatic hydroxyl groups excluding tert-OH is 1. The van der Waals surface area contributed by atoms with Gasteiger partial charge in [0.15, 0.2) is 0 Å². The van der Waals surface area contributed by atoms with Crippen molar-refractivity contribution in [3.63, 3.8) is 0 Å². The number of sulfonamides is 1. The van der Waals surface area contributed by atoms with Crippen LogP contribution in [0.4, 0.5) is 5.69 Å². The normalized spacial score (nSPS) is 17.7. The van der Waals surface area contributed by atoms with Crippen molar-refractivity contribution in [2.24, 2.45) is 0 Å². The second-order valence-electron chi connectivity index (χ2n) is 5.62. The number of fused-ring (bicyclic) bond motifs is 1. The quantitative estimate of drug-likeness (QED) is 0.938. The van der Waals surface area contributed by atoms with E-state index in [0.717, 1.165) is 5.56 Å². The van der Waals surface area contributed by atoms with Gasteiger partial charge in [0, 0.05) is 12.1 Å². The smallest absolute Gasteiger partial charge is 0.264 e. The molecule has 122 valence electrons. The number of ether oxygens (including phenoxy) is 1. The predicted octanol–water partition coefficient (Wildman–Crippen LogP) is 2.64. The first-order chi connectivity index (χ1) is 10.9. The maximum Gasteiger partial charge on any atom is 0.264 e. The van der Waals surface area contributed by atoms with E-state index in [1.807, 2.05) is 13.0 Å². The van der Waals surface area contributed by atoms with Crippen LogP contribution in [-0.4, -0.2) is 27.2 Å². The summed E-state index contributed by atoms with van der Waals surface area (Å²) in [6.45, 7) is 2.11. The first-order valence-corrected chi connectivity index (χ1v) is 8.83. The Balaban J connectivity index is 2.10. The van der Waals surface area contributed by atoms with E-state index in [2.05, 4.69) is 0 Å². The number of hydrogen-bond donors (Lipinski definition) is 1. The van der Waals surface area contributed by atoms with Crippen molar-refractivity contribution in [3.8, 4) is 5.75 Å². The van der Waals surface area contributed by atoms with E-state index in [-0.39, 0.29) is 11.4 Å². The Bertz CT molecular complexity index is 832. The molecule has 0 amide bonds. The number of aryl methyl sites for hydroxylation is 1. The van der Waals surface area contributed by atoms with Gasteiger partial charge in [0.05, 0.1) is 23.8 Å². The summed E-state index contributed by atoms with van der Waals surface area (Å²) in [5.74, 6) is 0.595. The lowest BCUT2D eigenvalue weighted by molar-refractivity contribution is 0.166. The minimum atomic E-state index is -3.66. The van der Waals surface area contributed by atoms with Gasteiger partial charge in [-0.05, 0) is 49.2 Å². The van der Waals surface area contributed by atoms with E-state index in [0.29, 0.717) is 23.4 Å². The molecule has 0 bridgehead atoms. The summed E-state index contributed by atoms with van der Waals surface area (Å²) < 4.78 is 32.5. The van der Waals surface area contributed by atoms with Gasteiger partial charge in [-0.25, -0.2) is 8.42 Å². The summed E-state index contributed by atoms with van der Waals surface area (Å²) in [5, 5.41) is 10.2. The molecule has 1 N–H and O–H groups in total. The molecule has 1 aliphatic rings. The van der Waals surface area contributed by atoms with Crippen molar-refractivity contribution in [1.29, 1.82) is 0 Å². The van der Waals surface area contributed by atoms with Crippen LogP contribution in [0.3, 0.4) is 0 Å². The molecule has 3 rings (SSSR count). The number of hydrogen-bond acceptors (Lipinski definition) is 4. The molecular weight excluding hydrogens is 314 g/mol. The van der Waals surface area contributed by atoms with Crippen LogP contribution >= 0.6 is 0 Å². The Morgan fingerprint density at radius 2 is 2.00 bits per heavy atom. The zero-order valence-electron chi connectivity index (χ0n) is 13.1. The Morgan fingerprint density at radius 1 is 1.22 bits per heavy atom. The van der Waals surface area contributed by atoms with Crippen molar-refractivity contribution in [2.45, 2.75) is 24.3 Å². The summed E-state index contributed by atoms with van der Waals surface area (Å²) in [7, 11) is -2.12. The van der Waals surface area contributed by atoms with Gasteiger partial charge in [0.2, 0.25) is 0 Å². The van der Waals surface area contributed by atoms with Crippen LogP contribution in [0.1, 0.15) is 23.7 Å². The lowest BCUT2D eigenvalue weighted by Gasteiger charge is -2.33. The standard InChI is InChI=1S/C17H19NO4S/c1-12-4-3-5-14(10-12)23(20,21)18-9-8-17(19)15-11-13(22-2)6-7-16(15)18/h3-7,10-11,17,19H,8-9H2,1-2H3. The third kappa shape index (κ3) is 2.80. The molecule has 0 radical (unpaired) electrons. The summed E-state index contributed by atoms with van der Waals surface area (Å²) in [5.41, 5.74) is 1.97. The zero-order valence-corrected chi connectivity index (χ0v) is 13.9. The van der Waals surface area contributed by atoms with E-state index in [1.165, 1.54) is 11.4 Å². The van der Waals surface area contributed by atoms with Crippen molar-refractivity contribution in [2.75, 3.05) is 18.0 Å². The average Bonchev–Trinajstić information content (AvgIpc) is 2.54. The number of methoxy groups -OCH3 is 1. The van der Waals surface area contributed by atoms with Gasteiger partial charge >= 0.3 is 0 Å². The molecule has 1 unspecified atom stereocenters. The second kappa shape index (κ2) is 5.86. The van der Waals surface area contributed by atoms with Crippen molar-refractivity contribution < 1.29 is 18.3 Å². The highest BCUT2D eigenvalue weighted by Crippen LogP contribution is 2.38. The molecular formula is C17H19NO4S. The highest BCUT2D eigenvalue weighted by atomic mass is 32.2. The summed E-state index contributed by atoms with van der Waals surface area (Å²) in [6, 6.07) is 11.9. The molecule has 0 saturated carbocycles. The molecule has 1 aliphatic heterocycles. The number of benzene rings is 2. The van der Waals surface area contributed by atoms with Crippen LogP contribution in [0.2, 0.25) is 0 Å². The summed E-state index contributed by atoms with van der Waals surface area (Å²) >= 11 is 0. The molecule has 0 aromatic heterocycles. The van der Waals surface area contributed by atoms with Crippen molar-refractivity contribution in [3.05, 3.63) is 53.6 Å². The lowest BCUT2D eigenvalue weighted by atomic mass is 10.0. The molecule has 0 saturated heterocycles. The van der Waals surface area contributed by atoms with Crippen LogP contribution in [0.15, 0.2) is 47.4 Å². The SMILES string of the molecule is COc1ccc2c(c1)C(O)CCN2S(=O)(=O)c1cccc(C)c1. The van der Waals surface area contributed by atoms with E-state index in [9.17, 15) is 13.5 Å². The highest BCUT2D eigenvalue weighted by molar-refractivity contribution is 7.92. The molecule has 2 aromatic rings. The summed E-state index contributed by atoms with van der Waals surface area (Å²) in [4.78, 5) is 0.260. The number of nitrogens with zero attached hydrogens (tertiary/aromatic N) is 1. The van der Waals surface area contributed by atoms with Crippen molar-refractivity contribution in [1.82, 2.24) is 0 Å². The predicted molar refractivity (Wildman–Crippen MR) is 88.3 cm³/mol. The molecule has 0 fully saturated rings. The van der Waals surface area contributed by atoms with E-state index in [4.69, 9.17) is 4.74 Å². The van der Waals surface area contributed by atoms with E-state index in [1.54, 1.807) is 36.4 Å². The Hall–Kier alpha value is -2.05. The Labute approximate surface area is 136 Å². The minimum Gasteiger partial charge on any atom is -0.497 e. The zero-order chi connectivity index (χ0) is 16.6. The van der Waals surface area contributed by atoms with Crippen LogP contribution in [-0.2, 0) is 10.0 Å². The van der Waals surface area contributed by atoms with Gasteiger partial charge in [-0.3, -0.25) is 4.31 Å².